The van der Waals surface area contributed by atoms with Crippen LogP contribution in [0.15, 0.2) is 328 Å². The molecule has 0 aliphatic heterocycles. The molecule has 140 heavy (non-hydrogen) atoms. The minimum atomic E-state index is -0.163. The molecule has 0 radical (unpaired) electrons. The Labute approximate surface area is 806 Å². The molecule has 0 atom stereocenters. The van der Waals surface area contributed by atoms with E-state index in [1.807, 2.05) is 145 Å². The molecular weight excluding hydrogens is 1780 g/mol. The zero-order chi connectivity index (χ0) is 98.7. The first-order chi connectivity index (χ1) is 68.0. The van der Waals surface area contributed by atoms with Crippen LogP contribution < -0.4 is 83.2 Å². The summed E-state index contributed by atoms with van der Waals surface area (Å²) < 4.78 is 33.2. The van der Waals surface area contributed by atoms with Gasteiger partial charge in [-0.3, -0.25) is 21.6 Å². The van der Waals surface area contributed by atoms with E-state index in [1.54, 1.807) is 97.5 Å². The molecule has 0 amide bonds. The van der Waals surface area contributed by atoms with Crippen molar-refractivity contribution in [2.45, 2.75) is 52.6 Å². The summed E-state index contributed by atoms with van der Waals surface area (Å²) in [6, 6.07) is 54.0. The quantitative estimate of drug-likeness (QED) is 0.00565. The number of ether oxygens (including phenoxy) is 4. The number of aryl methyl sites for hydroxylation is 3. The van der Waals surface area contributed by atoms with E-state index in [0.29, 0.717) is 133 Å². The van der Waals surface area contributed by atoms with Crippen molar-refractivity contribution in [2.75, 3.05) is 123 Å². The van der Waals surface area contributed by atoms with E-state index in [1.165, 1.54) is 11.6 Å². The Bertz CT molecular complexity index is 7020. The number of aliphatic hydroxyl groups is 6. The van der Waals surface area contributed by atoms with Gasteiger partial charge in [0.1, 0.15) is 38.8 Å². The molecule has 17 rings (SSSR count). The summed E-state index contributed by atoms with van der Waals surface area (Å²) in [6.07, 6.45) is 29.8. The highest BCUT2D eigenvalue weighted by molar-refractivity contribution is 6.51. The molecule has 9 aromatic heterocycles. The van der Waals surface area contributed by atoms with Crippen molar-refractivity contribution in [1.82, 2.24) is 43.0 Å². The van der Waals surface area contributed by atoms with Gasteiger partial charge in [0, 0.05) is 90.3 Å². The second-order valence-corrected chi connectivity index (χ2v) is 32.3. The average molecular weight is 1890 g/mol. The van der Waals surface area contributed by atoms with Gasteiger partial charge in [-0.15, -0.1) is 20.4 Å². The third-order valence-electron chi connectivity index (χ3n) is 21.9. The van der Waals surface area contributed by atoms with Gasteiger partial charge in [0.25, 0.3) is 23.5 Å². The smallest absolute Gasteiger partial charge is 0.260 e. The van der Waals surface area contributed by atoms with Gasteiger partial charge < -0.3 is 109 Å². The Morgan fingerprint density at radius 2 is 0.736 bits per heavy atom. The molecule has 0 saturated heterocycles. The first kappa shape index (κ1) is 98.9. The number of nitrogens with zero attached hydrogens (tertiary/aromatic N) is 16. The third kappa shape index (κ3) is 25.1. The fourth-order valence-corrected chi connectivity index (χ4v) is 15.1. The highest BCUT2D eigenvalue weighted by Crippen LogP contribution is 2.39. The number of unbranched alkanes of at least 4 members (excludes halogenated alkanes) is 1. The topological polar surface area (TPSA) is 566 Å². The number of fused-ring (bicyclic) bond motifs is 4. The molecule has 4 aromatic carbocycles. The lowest BCUT2D eigenvalue weighted by molar-refractivity contribution is -0.671. The second-order valence-electron chi connectivity index (χ2n) is 32.3. The van der Waals surface area contributed by atoms with Crippen LogP contribution in [0.5, 0.6) is 23.5 Å². The summed E-state index contributed by atoms with van der Waals surface area (Å²) in [6.45, 7) is 9.02. The average Bonchev–Trinajstić information content (AvgIpc) is 1.67. The van der Waals surface area contributed by atoms with Crippen LogP contribution in [0.3, 0.4) is 0 Å². The number of aliphatic imine (C=N–C) groups is 4. The maximum atomic E-state index is 9.27. The van der Waals surface area contributed by atoms with Crippen LogP contribution in [-0.2, 0) is 20.0 Å². The number of nitrogen functional groups attached to an aromatic ring is 1. The van der Waals surface area contributed by atoms with Crippen LogP contribution in [0.2, 0.25) is 0 Å². The van der Waals surface area contributed by atoms with Crippen molar-refractivity contribution in [3.05, 3.63) is 313 Å². The van der Waals surface area contributed by atoms with Crippen LogP contribution in [0.25, 0.3) is 22.1 Å². The Hall–Kier alpha value is -17.1. The van der Waals surface area contributed by atoms with Gasteiger partial charge >= 0.3 is 0 Å². The molecule has 39 nitrogen and oxygen atoms in total. The Morgan fingerprint density at radius 1 is 0.393 bits per heavy atom. The molecular formula is C101H114N29O10+. The number of aromatic nitrogens is 10. The van der Waals surface area contributed by atoms with E-state index in [0.717, 1.165) is 83.0 Å². The molecule has 722 valence electrons. The van der Waals surface area contributed by atoms with E-state index in [9.17, 15) is 20.4 Å². The fourth-order valence-electron chi connectivity index (χ4n) is 15.1. The van der Waals surface area contributed by atoms with E-state index < -0.39 is 0 Å². The van der Waals surface area contributed by atoms with Gasteiger partial charge in [0.2, 0.25) is 6.33 Å². The molecule has 13 aromatic rings. The van der Waals surface area contributed by atoms with Crippen molar-refractivity contribution >= 4 is 130 Å². The predicted octanol–water partition coefficient (Wildman–Crippen LogP) is 10.9. The van der Waals surface area contributed by atoms with Gasteiger partial charge in [0.15, 0.2) is 22.7 Å². The highest BCUT2D eigenvalue weighted by Gasteiger charge is 2.26. The van der Waals surface area contributed by atoms with Gasteiger partial charge in [-0.1, -0.05) is 36.4 Å². The van der Waals surface area contributed by atoms with Crippen LogP contribution in [0, 0.1) is 21.6 Å². The number of nitrogens with one attached hydrogen (secondary N) is 8. The summed E-state index contributed by atoms with van der Waals surface area (Å²) in [4.78, 5) is 23.0. The largest absolute Gasteiger partial charge is 0.473 e. The Morgan fingerprint density at radius 3 is 1.09 bits per heavy atom. The minimum Gasteiger partial charge on any atom is -0.473 e. The van der Waals surface area contributed by atoms with Gasteiger partial charge in [-0.25, -0.2) is 47.2 Å². The van der Waals surface area contributed by atoms with Crippen LogP contribution >= 0.6 is 0 Å². The first-order valence-corrected chi connectivity index (χ1v) is 45.3. The molecule has 0 bridgehead atoms. The molecule has 0 spiro atoms. The number of pyridine rings is 4. The lowest BCUT2D eigenvalue weighted by Gasteiger charge is -2.27. The Balaban J connectivity index is 0.000000149. The van der Waals surface area contributed by atoms with Crippen LogP contribution in [0.4, 0.5) is 62.6 Å². The molecule has 9 heterocycles. The lowest BCUT2D eigenvalue weighted by Crippen LogP contribution is -2.30. The molecule has 0 fully saturated rings. The van der Waals surface area contributed by atoms with Gasteiger partial charge in [0.05, 0.1) is 167 Å². The SMILES string of the molecule is CCN(c1ccc(NC2=CC(=Nc3c(OCCO)nn4ccccc34)C(N)=CC2=N)cc1)C(C)C.C[n+]1ccn(CCCCc2ccc(NC3=CC(=Nc4c(OCCO)nn5ccccc45)C(N)=CC3=N)cc2)c1.N=C1C=C(N)C(Nc2ccc(N(CCO)CCO)cc2)=CC1=Nc1c(OCCO)nn2ccccc12.N=C1C=C(N)C(Nc2ccc(N)cc2)=CC1=Nc1c(OCCO)nn2ccccc12. The number of rotatable bonds is 37. The molecule has 0 saturated carbocycles. The third-order valence-corrected chi connectivity index (χ3v) is 21.9. The molecule has 0 unspecified atom stereocenters. The summed E-state index contributed by atoms with van der Waals surface area (Å²) in [5, 5.41) is 119. The highest BCUT2D eigenvalue weighted by atomic mass is 16.5. The number of hydrogen-bond acceptors (Lipinski definition) is 33. The van der Waals surface area contributed by atoms with Crippen molar-refractivity contribution < 1.29 is 54.2 Å². The minimum absolute atomic E-state index is 0.0122. The maximum Gasteiger partial charge on any atom is 0.260 e. The van der Waals surface area contributed by atoms with Crippen molar-refractivity contribution in [2.24, 2.45) is 50.0 Å². The zero-order valence-corrected chi connectivity index (χ0v) is 77.8. The number of anilines is 7. The second kappa shape index (κ2) is 47.4. The summed E-state index contributed by atoms with van der Waals surface area (Å²) in [5.74, 6) is 1.14. The fraction of sp³-hybridized carbons (Fsp3) is 0.218. The van der Waals surface area contributed by atoms with E-state index >= 15 is 0 Å². The number of allylic oxidation sites excluding steroid dienone is 8. The van der Waals surface area contributed by atoms with Crippen LogP contribution in [-0.4, -0.2) is 211 Å². The maximum absolute atomic E-state index is 9.27. The van der Waals surface area contributed by atoms with Gasteiger partial charge in [-0.05, 0) is 228 Å². The van der Waals surface area contributed by atoms with Gasteiger partial charge in [-0.2, -0.15) is 0 Å². The standard InChI is InChI=1S/C29H33N8O2.C26H31N7O2.C25H29N7O4.C21H21N7O2/c1-35-14-15-36(20-35)12-4-2-6-21-8-10-22(11-9-21)32-25-19-26(24(31)18-23(25)30)33-28-27-7-3-5-13-37(27)34-29(28)39-17-16-38;1-4-32(17(2)3)19-10-8-18(9-11-19)29-22-16-23(21(28)15-20(22)27)30-25-24-7-5-6-12-33(24)31-26(25)35-14-13-34;26-19-15-20(27)22(29-24-23-3-1-2-8-32(23)30-25(24)36-14-13-35)16-21(19)28-17-4-6-18(7-5-17)31(9-11-33)10-12-34;22-13-4-6-14(7-5-13)25-17-12-18(16(24)11-15(17)23)26-20-19-3-1-2-8-28(19)27-21(20)30-10-9-29/h3,5,7-11,13-15,18-20,30,32,38H,2,4,6,12,16-17,31H2,1H3;5-12,15-17,27,29,34H,4,13-14,28H2,1-3H3;1-8,15-16,27-28,33-35H,9-14,26H2;1-8,11-12,24-25,29H,9-10,22-23H2/q+1;;;. The number of aliphatic hydroxyl groups excluding tert-OH is 6. The summed E-state index contributed by atoms with van der Waals surface area (Å²) >= 11 is 0. The number of hydrogen-bond donors (Lipinski definition) is 19. The molecule has 39 heteroatoms. The predicted molar refractivity (Wildman–Crippen MR) is 550 cm³/mol. The number of imidazole rings is 1. The summed E-state index contributed by atoms with van der Waals surface area (Å²) in [7, 11) is 2.03. The van der Waals surface area contributed by atoms with E-state index in [-0.39, 0.29) is 101 Å². The normalized spacial score (nSPS) is 14.8. The zero-order valence-electron chi connectivity index (χ0n) is 77.8. The monoisotopic (exact) mass is 1890 g/mol. The van der Waals surface area contributed by atoms with E-state index in [2.05, 4.69) is 129 Å². The number of benzene rings is 4. The molecule has 4 aliphatic rings. The van der Waals surface area contributed by atoms with E-state index in [4.69, 9.17) is 89.5 Å². The van der Waals surface area contributed by atoms with Crippen molar-refractivity contribution in [3.8, 4) is 23.5 Å². The molecule has 4 aliphatic carbocycles. The molecule has 24 N–H and O–H groups in total. The number of nitrogens with two attached hydrogens (primary N) is 5. The first-order valence-electron chi connectivity index (χ1n) is 45.3. The van der Waals surface area contributed by atoms with Crippen molar-refractivity contribution in [1.29, 1.82) is 21.6 Å². The Kier molecular flexibility index (Phi) is 33.5. The summed E-state index contributed by atoms with van der Waals surface area (Å²) in [5.41, 5.74) is 49.2. The van der Waals surface area contributed by atoms with Crippen molar-refractivity contribution in [3.63, 3.8) is 0 Å². The van der Waals surface area contributed by atoms with Crippen LogP contribution in [0.1, 0.15) is 39.2 Å². The lowest BCUT2D eigenvalue weighted by atomic mass is 10.0.